The van der Waals surface area contributed by atoms with Crippen molar-refractivity contribution in [2.75, 3.05) is 13.7 Å². The zero-order chi connectivity index (χ0) is 25.9. The number of rotatable bonds is 8. The Labute approximate surface area is 210 Å². The second kappa shape index (κ2) is 10.2. The van der Waals surface area contributed by atoms with Crippen LogP contribution in [0, 0.1) is 5.92 Å². The molecule has 0 heterocycles. The van der Waals surface area contributed by atoms with Crippen molar-refractivity contribution in [2.24, 2.45) is 5.92 Å². The van der Waals surface area contributed by atoms with Crippen LogP contribution in [0.3, 0.4) is 0 Å². The fraction of sp³-hybridized carbons (Fsp3) is 0.500. The Balaban J connectivity index is 1.82. The van der Waals surface area contributed by atoms with Gasteiger partial charge in [0.05, 0.1) is 7.11 Å². The number of ether oxygens (including phenoxy) is 2. The summed E-state index contributed by atoms with van der Waals surface area (Å²) in [6.45, 7) is 12.5. The average Bonchev–Trinajstić information content (AvgIpc) is 3.48. The summed E-state index contributed by atoms with van der Waals surface area (Å²) in [6, 6.07) is 20.9. The van der Waals surface area contributed by atoms with Gasteiger partial charge in [0, 0.05) is 6.61 Å². The molecule has 0 aliphatic heterocycles. The number of esters is 1. The summed E-state index contributed by atoms with van der Waals surface area (Å²) in [7, 11) is -1.32. The molecule has 1 amide bonds. The van der Waals surface area contributed by atoms with Gasteiger partial charge in [-0.2, -0.15) is 0 Å². The van der Waals surface area contributed by atoms with Gasteiger partial charge in [0.1, 0.15) is 11.1 Å². The van der Waals surface area contributed by atoms with Gasteiger partial charge in [-0.25, -0.2) is 9.59 Å². The van der Waals surface area contributed by atoms with Crippen LogP contribution in [0.15, 0.2) is 60.7 Å². The molecule has 0 spiro atoms. The fourth-order valence-corrected chi connectivity index (χ4v) is 9.50. The number of alkyl carbamates (subject to hydrolysis) is 1. The topological polar surface area (TPSA) is 73.9 Å². The Bertz CT molecular complexity index is 974. The minimum Gasteiger partial charge on any atom is -0.467 e. The highest BCUT2D eigenvalue weighted by Crippen LogP contribution is 2.47. The van der Waals surface area contributed by atoms with E-state index in [-0.39, 0.29) is 11.0 Å². The van der Waals surface area contributed by atoms with Gasteiger partial charge in [0.15, 0.2) is 0 Å². The molecule has 0 aromatic heterocycles. The van der Waals surface area contributed by atoms with Gasteiger partial charge in [-0.05, 0) is 54.9 Å². The van der Waals surface area contributed by atoms with E-state index < -0.39 is 31.5 Å². The number of carbonyl (C=O) groups is 2. The molecule has 1 saturated carbocycles. The van der Waals surface area contributed by atoms with Gasteiger partial charge in [-0.1, -0.05) is 81.4 Å². The predicted octanol–water partition coefficient (Wildman–Crippen LogP) is 4.41. The monoisotopic (exact) mass is 497 g/mol. The normalized spacial score (nSPS) is 20.1. The lowest BCUT2D eigenvalue weighted by atomic mass is 10.1. The molecular formula is C28H39NO5Si. The Hall–Kier alpha value is -2.64. The molecule has 2 aromatic carbocycles. The molecular weight excluding hydrogens is 458 g/mol. The summed E-state index contributed by atoms with van der Waals surface area (Å²) in [6.07, 6.45) is 0.511. The summed E-state index contributed by atoms with van der Waals surface area (Å²) in [5.41, 5.74) is -1.72. The van der Waals surface area contributed by atoms with Crippen molar-refractivity contribution in [3.63, 3.8) is 0 Å². The molecule has 3 rings (SSSR count). The van der Waals surface area contributed by atoms with E-state index >= 15 is 0 Å². The van der Waals surface area contributed by atoms with E-state index in [1.54, 1.807) is 20.8 Å². The molecule has 6 nitrogen and oxygen atoms in total. The van der Waals surface area contributed by atoms with Gasteiger partial charge in [-0.3, -0.25) is 0 Å². The zero-order valence-electron chi connectivity index (χ0n) is 22.0. The summed E-state index contributed by atoms with van der Waals surface area (Å²) in [4.78, 5) is 25.1. The predicted molar refractivity (Wildman–Crippen MR) is 140 cm³/mol. The van der Waals surface area contributed by atoms with Crippen molar-refractivity contribution in [1.29, 1.82) is 0 Å². The molecule has 1 fully saturated rings. The Morgan fingerprint density at radius 3 is 1.89 bits per heavy atom. The summed E-state index contributed by atoms with van der Waals surface area (Å²) >= 11 is 0. The lowest BCUT2D eigenvalue weighted by molar-refractivity contribution is -0.145. The SMILES string of the molecule is COC(=O)[C@@]1(NC(=O)OC(C)(C)C)C[C@H]1CCO[Si](c1ccccc1)(c1ccccc1)C(C)(C)C. The summed E-state index contributed by atoms with van der Waals surface area (Å²) < 4.78 is 17.4. The summed E-state index contributed by atoms with van der Waals surface area (Å²) in [5, 5.41) is 5.07. The molecule has 1 aliphatic rings. The molecule has 0 bridgehead atoms. The molecule has 1 N–H and O–H groups in total. The van der Waals surface area contributed by atoms with E-state index in [0.717, 1.165) is 0 Å². The Morgan fingerprint density at radius 1 is 0.943 bits per heavy atom. The van der Waals surface area contributed by atoms with E-state index in [1.807, 2.05) is 12.1 Å². The van der Waals surface area contributed by atoms with Crippen LogP contribution in [0.1, 0.15) is 54.4 Å². The van der Waals surface area contributed by atoms with Crippen LogP contribution in [-0.4, -0.2) is 45.2 Å². The van der Waals surface area contributed by atoms with Gasteiger partial charge >= 0.3 is 12.1 Å². The van der Waals surface area contributed by atoms with Crippen LogP contribution in [0.25, 0.3) is 0 Å². The largest absolute Gasteiger partial charge is 0.467 e. The van der Waals surface area contributed by atoms with Gasteiger partial charge in [-0.15, -0.1) is 0 Å². The van der Waals surface area contributed by atoms with Crippen LogP contribution in [0.2, 0.25) is 5.04 Å². The number of benzene rings is 2. The maximum atomic E-state index is 12.6. The van der Waals surface area contributed by atoms with Crippen LogP contribution in [0.5, 0.6) is 0 Å². The van der Waals surface area contributed by atoms with Crippen molar-refractivity contribution in [2.45, 2.75) is 70.6 Å². The minimum atomic E-state index is -2.66. The Morgan fingerprint density at radius 2 is 1.46 bits per heavy atom. The van der Waals surface area contributed by atoms with E-state index in [1.165, 1.54) is 17.5 Å². The van der Waals surface area contributed by atoms with Gasteiger partial charge in [0.25, 0.3) is 8.32 Å². The first-order valence-corrected chi connectivity index (χ1v) is 14.1. The standard InChI is InChI=1S/C28H39NO5Si/c1-26(2,3)34-25(31)29-28(24(30)32-7)20-21(28)18-19-33-35(27(4,5)6,22-14-10-8-11-15-22)23-16-12-9-13-17-23/h8-17,21H,18-20H2,1-7H3,(H,29,31)/t21-,28-/m1/s1. The maximum absolute atomic E-state index is 12.6. The number of amides is 1. The third kappa shape index (κ3) is 5.78. The van der Waals surface area contributed by atoms with Gasteiger partial charge in [0.2, 0.25) is 0 Å². The van der Waals surface area contributed by atoms with E-state index in [9.17, 15) is 9.59 Å². The quantitative estimate of drug-likeness (QED) is 0.432. The highest BCUT2D eigenvalue weighted by Gasteiger charge is 2.62. The average molecular weight is 498 g/mol. The second-order valence-electron chi connectivity index (χ2n) is 11.3. The highest BCUT2D eigenvalue weighted by atomic mass is 28.4. The van der Waals surface area contributed by atoms with Gasteiger partial charge < -0.3 is 19.2 Å². The van der Waals surface area contributed by atoms with Crippen molar-refractivity contribution < 1.29 is 23.5 Å². The van der Waals surface area contributed by atoms with Crippen LogP contribution < -0.4 is 15.7 Å². The Kier molecular flexibility index (Phi) is 7.82. The molecule has 0 saturated heterocycles. The van der Waals surface area contributed by atoms with Crippen molar-refractivity contribution in [1.82, 2.24) is 5.32 Å². The smallest absolute Gasteiger partial charge is 0.408 e. The highest BCUT2D eigenvalue weighted by molar-refractivity contribution is 6.99. The number of methoxy groups -OCH3 is 1. The second-order valence-corrected chi connectivity index (χ2v) is 15.6. The third-order valence-electron chi connectivity index (χ3n) is 6.58. The minimum absolute atomic E-state index is 0.0827. The number of hydrogen-bond donors (Lipinski definition) is 1. The van der Waals surface area contributed by atoms with Crippen LogP contribution >= 0.6 is 0 Å². The maximum Gasteiger partial charge on any atom is 0.408 e. The number of hydrogen-bond acceptors (Lipinski definition) is 5. The molecule has 7 heteroatoms. The van der Waals surface area contributed by atoms with Crippen molar-refractivity contribution >= 4 is 30.8 Å². The lowest BCUT2D eigenvalue weighted by Crippen LogP contribution is -2.66. The van der Waals surface area contributed by atoms with E-state index in [0.29, 0.717) is 19.4 Å². The molecule has 190 valence electrons. The van der Waals surface area contributed by atoms with E-state index in [4.69, 9.17) is 13.9 Å². The van der Waals surface area contributed by atoms with Crippen LogP contribution in [-0.2, 0) is 18.7 Å². The molecule has 0 unspecified atom stereocenters. The van der Waals surface area contributed by atoms with Crippen molar-refractivity contribution in [3.05, 3.63) is 60.7 Å². The third-order valence-corrected chi connectivity index (χ3v) is 11.6. The zero-order valence-corrected chi connectivity index (χ0v) is 23.0. The molecule has 2 aromatic rings. The lowest BCUT2D eigenvalue weighted by Gasteiger charge is -2.43. The number of carbonyl (C=O) groups excluding carboxylic acids is 2. The molecule has 0 radical (unpaired) electrons. The summed E-state index contributed by atoms with van der Waals surface area (Å²) in [5.74, 6) is -0.528. The molecule has 2 atom stereocenters. The first-order chi connectivity index (χ1) is 16.4. The fourth-order valence-electron chi connectivity index (χ4n) is 4.92. The first-order valence-electron chi connectivity index (χ1n) is 12.2. The van der Waals surface area contributed by atoms with Crippen molar-refractivity contribution in [3.8, 4) is 0 Å². The molecule has 1 aliphatic carbocycles. The van der Waals surface area contributed by atoms with Crippen LogP contribution in [0.4, 0.5) is 4.79 Å². The number of nitrogens with one attached hydrogen (secondary N) is 1. The van der Waals surface area contributed by atoms with E-state index in [2.05, 4.69) is 74.6 Å². The molecule has 35 heavy (non-hydrogen) atoms. The first kappa shape index (κ1) is 27.0.